The third kappa shape index (κ3) is 2.82. The van der Waals surface area contributed by atoms with Crippen LogP contribution in [0, 0.1) is 0 Å². The van der Waals surface area contributed by atoms with Crippen molar-refractivity contribution in [1.29, 1.82) is 0 Å². The van der Waals surface area contributed by atoms with Crippen LogP contribution in [0.4, 0.5) is 5.00 Å². The van der Waals surface area contributed by atoms with E-state index in [4.69, 9.17) is 0 Å². The van der Waals surface area contributed by atoms with Gasteiger partial charge in [-0.15, -0.1) is 11.3 Å². The zero-order valence-electron chi connectivity index (χ0n) is 6.67. The number of esters is 1. The van der Waals surface area contributed by atoms with Gasteiger partial charge in [0.15, 0.2) is 0 Å². The molecule has 6 heteroatoms. The van der Waals surface area contributed by atoms with Crippen molar-refractivity contribution in [2.75, 3.05) is 12.4 Å². The van der Waals surface area contributed by atoms with Crippen LogP contribution in [0.2, 0.25) is 0 Å². The summed E-state index contributed by atoms with van der Waals surface area (Å²) in [4.78, 5) is 21.6. The van der Waals surface area contributed by atoms with Gasteiger partial charge in [0.05, 0.1) is 15.9 Å². The molecule has 0 aliphatic rings. The molecule has 13 heavy (non-hydrogen) atoms. The maximum atomic E-state index is 11.0. The van der Waals surface area contributed by atoms with Gasteiger partial charge >= 0.3 is 11.9 Å². The van der Waals surface area contributed by atoms with Crippen molar-refractivity contribution >= 4 is 44.1 Å². The van der Waals surface area contributed by atoms with Crippen LogP contribution in [0.15, 0.2) is 15.9 Å². The standard InChI is InChI=1S/C7H6BrNO3S/c1-12-7(11)6(10)9-5-3-2-4(8)13-5/h2-3H,1H3,(H,9,10). The SMILES string of the molecule is COC(=O)C(=O)Nc1ccc(Br)s1. The summed E-state index contributed by atoms with van der Waals surface area (Å²) in [6.45, 7) is 0. The minimum atomic E-state index is -0.899. The van der Waals surface area contributed by atoms with E-state index in [1.807, 2.05) is 0 Å². The third-order valence-electron chi connectivity index (χ3n) is 1.18. The lowest BCUT2D eigenvalue weighted by molar-refractivity contribution is -0.150. The summed E-state index contributed by atoms with van der Waals surface area (Å²) in [5, 5.41) is 2.99. The molecule has 1 aromatic heterocycles. The highest BCUT2D eigenvalue weighted by molar-refractivity contribution is 9.11. The van der Waals surface area contributed by atoms with E-state index in [0.717, 1.165) is 10.9 Å². The first-order valence-corrected chi connectivity index (χ1v) is 4.89. The summed E-state index contributed by atoms with van der Waals surface area (Å²) in [6, 6.07) is 3.47. The number of ether oxygens (including phenoxy) is 1. The molecule has 0 unspecified atom stereocenters. The fourth-order valence-corrected chi connectivity index (χ4v) is 1.92. The fourth-order valence-electron chi connectivity index (χ4n) is 0.637. The van der Waals surface area contributed by atoms with Gasteiger partial charge in [0.25, 0.3) is 0 Å². The van der Waals surface area contributed by atoms with Crippen LogP contribution in [0.1, 0.15) is 0 Å². The molecule has 0 radical (unpaired) electrons. The second-order valence-corrected chi connectivity index (χ2v) is 4.51. The molecule has 1 amide bonds. The first-order chi connectivity index (χ1) is 6.13. The Kier molecular flexibility index (Phi) is 3.44. The highest BCUT2D eigenvalue weighted by Crippen LogP contribution is 2.26. The third-order valence-corrected chi connectivity index (χ3v) is 2.72. The molecule has 1 heterocycles. The normalized spacial score (nSPS) is 9.38. The van der Waals surface area contributed by atoms with Gasteiger partial charge < -0.3 is 10.1 Å². The second-order valence-electron chi connectivity index (χ2n) is 2.05. The molecule has 1 rings (SSSR count). The van der Waals surface area contributed by atoms with E-state index in [1.165, 1.54) is 11.3 Å². The lowest BCUT2D eigenvalue weighted by Gasteiger charge is -1.98. The average molecular weight is 264 g/mol. The average Bonchev–Trinajstić information content (AvgIpc) is 2.49. The Morgan fingerprint density at radius 2 is 2.23 bits per heavy atom. The molecule has 4 nitrogen and oxygen atoms in total. The van der Waals surface area contributed by atoms with Crippen molar-refractivity contribution in [3.63, 3.8) is 0 Å². The zero-order valence-corrected chi connectivity index (χ0v) is 9.07. The van der Waals surface area contributed by atoms with E-state index in [2.05, 4.69) is 26.0 Å². The molecule has 0 fully saturated rings. The minimum absolute atomic E-state index is 0.599. The molecule has 0 spiro atoms. The van der Waals surface area contributed by atoms with E-state index in [0.29, 0.717) is 5.00 Å². The Balaban J connectivity index is 2.60. The van der Waals surface area contributed by atoms with Crippen molar-refractivity contribution in [3.8, 4) is 0 Å². The van der Waals surface area contributed by atoms with Gasteiger partial charge in [-0.25, -0.2) is 4.79 Å². The molecular formula is C7H6BrNO3S. The Labute approximate surface area is 87.0 Å². The summed E-state index contributed by atoms with van der Waals surface area (Å²) >= 11 is 4.55. The highest BCUT2D eigenvalue weighted by Gasteiger charge is 2.14. The Bertz CT molecular complexity index is 336. The second kappa shape index (κ2) is 4.38. The lowest BCUT2D eigenvalue weighted by Crippen LogP contribution is -2.23. The number of carbonyl (C=O) groups excluding carboxylic acids is 2. The quantitative estimate of drug-likeness (QED) is 0.619. The van der Waals surface area contributed by atoms with Crippen molar-refractivity contribution in [1.82, 2.24) is 0 Å². The first kappa shape index (κ1) is 10.2. The van der Waals surface area contributed by atoms with E-state index in [-0.39, 0.29) is 0 Å². The van der Waals surface area contributed by atoms with E-state index in [1.54, 1.807) is 12.1 Å². The topological polar surface area (TPSA) is 55.4 Å². The number of hydrogen-bond acceptors (Lipinski definition) is 4. The van der Waals surface area contributed by atoms with Crippen LogP contribution in [-0.4, -0.2) is 19.0 Å². The van der Waals surface area contributed by atoms with Gasteiger partial charge in [-0.05, 0) is 28.1 Å². The van der Waals surface area contributed by atoms with Gasteiger partial charge in [-0.2, -0.15) is 0 Å². The van der Waals surface area contributed by atoms with Crippen LogP contribution in [0.25, 0.3) is 0 Å². The lowest BCUT2D eigenvalue weighted by atomic mass is 10.5. The van der Waals surface area contributed by atoms with Crippen LogP contribution in [0.5, 0.6) is 0 Å². The number of rotatable bonds is 1. The molecule has 0 aromatic carbocycles. The molecule has 0 aliphatic heterocycles. The monoisotopic (exact) mass is 263 g/mol. The van der Waals surface area contributed by atoms with Crippen molar-refractivity contribution in [2.45, 2.75) is 0 Å². The van der Waals surface area contributed by atoms with Crippen molar-refractivity contribution in [3.05, 3.63) is 15.9 Å². The summed E-state index contributed by atoms with van der Waals surface area (Å²) in [7, 11) is 1.16. The molecule has 0 aliphatic carbocycles. The number of hydrogen-bond donors (Lipinski definition) is 1. The molecule has 1 aromatic rings. The molecule has 70 valence electrons. The molecule has 0 bridgehead atoms. The van der Waals surface area contributed by atoms with E-state index >= 15 is 0 Å². The van der Waals surface area contributed by atoms with Gasteiger partial charge in [-0.1, -0.05) is 0 Å². The van der Waals surface area contributed by atoms with Crippen LogP contribution in [0.3, 0.4) is 0 Å². The van der Waals surface area contributed by atoms with Gasteiger partial charge in [0.2, 0.25) is 0 Å². The fraction of sp³-hybridized carbons (Fsp3) is 0.143. The van der Waals surface area contributed by atoms with Gasteiger partial charge in [0, 0.05) is 0 Å². The molecule has 0 atom stereocenters. The van der Waals surface area contributed by atoms with Crippen molar-refractivity contribution in [2.24, 2.45) is 0 Å². The number of amides is 1. The predicted molar refractivity (Wildman–Crippen MR) is 52.7 cm³/mol. The van der Waals surface area contributed by atoms with Crippen LogP contribution < -0.4 is 5.32 Å². The van der Waals surface area contributed by atoms with Gasteiger partial charge in [-0.3, -0.25) is 4.79 Å². The Morgan fingerprint density at radius 3 is 2.69 bits per heavy atom. The number of halogens is 1. The largest absolute Gasteiger partial charge is 0.462 e. The molecule has 0 saturated heterocycles. The zero-order chi connectivity index (χ0) is 9.84. The Morgan fingerprint density at radius 1 is 1.54 bits per heavy atom. The smallest absolute Gasteiger partial charge is 0.396 e. The maximum Gasteiger partial charge on any atom is 0.396 e. The summed E-state index contributed by atoms with van der Waals surface area (Å²) in [5.74, 6) is -1.67. The Hall–Kier alpha value is -0.880. The molecular weight excluding hydrogens is 258 g/mol. The summed E-state index contributed by atoms with van der Waals surface area (Å²) in [6.07, 6.45) is 0. The predicted octanol–water partition coefficient (Wildman–Crippen LogP) is 1.62. The van der Waals surface area contributed by atoms with Crippen LogP contribution >= 0.6 is 27.3 Å². The molecule has 0 saturated carbocycles. The van der Waals surface area contributed by atoms with E-state index < -0.39 is 11.9 Å². The number of thiophene rings is 1. The number of carbonyl (C=O) groups is 2. The first-order valence-electron chi connectivity index (χ1n) is 3.28. The van der Waals surface area contributed by atoms with Gasteiger partial charge in [0.1, 0.15) is 0 Å². The highest BCUT2D eigenvalue weighted by atomic mass is 79.9. The minimum Gasteiger partial charge on any atom is -0.462 e. The van der Waals surface area contributed by atoms with E-state index in [9.17, 15) is 9.59 Å². The number of nitrogens with one attached hydrogen (secondary N) is 1. The maximum absolute atomic E-state index is 11.0. The molecule has 1 N–H and O–H groups in total. The number of methoxy groups -OCH3 is 1. The summed E-state index contributed by atoms with van der Waals surface area (Å²) < 4.78 is 5.12. The number of anilines is 1. The van der Waals surface area contributed by atoms with Crippen LogP contribution in [-0.2, 0) is 14.3 Å². The van der Waals surface area contributed by atoms with Crippen molar-refractivity contribution < 1.29 is 14.3 Å². The summed E-state index contributed by atoms with van der Waals surface area (Å²) in [5.41, 5.74) is 0.